The van der Waals surface area contributed by atoms with Crippen molar-refractivity contribution >= 4 is 11.8 Å². The average molecular weight is 491 g/mol. The van der Waals surface area contributed by atoms with Crippen LogP contribution in [0, 0.1) is 5.82 Å². The predicted octanol–water partition coefficient (Wildman–Crippen LogP) is 4.14. The van der Waals surface area contributed by atoms with Crippen LogP contribution in [0.25, 0.3) is 0 Å². The smallest absolute Gasteiger partial charge is 0.261 e. The van der Waals surface area contributed by atoms with Gasteiger partial charge in [-0.25, -0.2) is 4.39 Å². The molecule has 2 atom stereocenters. The lowest BCUT2D eigenvalue weighted by molar-refractivity contribution is -0.143. The van der Waals surface area contributed by atoms with Crippen LogP contribution < -0.4 is 10.1 Å². The summed E-state index contributed by atoms with van der Waals surface area (Å²) in [5.74, 6) is -0.393. The highest BCUT2D eigenvalue weighted by Gasteiger charge is 2.31. The number of ether oxygens (including phenoxy) is 2. The second-order valence-electron chi connectivity index (χ2n) is 8.84. The van der Waals surface area contributed by atoms with Gasteiger partial charge >= 0.3 is 0 Å². The number of nitrogens with one attached hydrogen (secondary N) is 1. The molecule has 3 aromatic carbocycles. The maximum Gasteiger partial charge on any atom is 0.261 e. The van der Waals surface area contributed by atoms with Crippen molar-refractivity contribution in [3.63, 3.8) is 0 Å². The summed E-state index contributed by atoms with van der Waals surface area (Å²) in [6.45, 7) is 1.00. The molecule has 1 heterocycles. The fraction of sp³-hybridized carbons (Fsp3) is 0.310. The molecule has 0 bridgehead atoms. The Morgan fingerprint density at radius 3 is 2.33 bits per heavy atom. The molecule has 188 valence electrons. The molecule has 3 aromatic rings. The molecule has 1 saturated heterocycles. The quantitative estimate of drug-likeness (QED) is 0.439. The summed E-state index contributed by atoms with van der Waals surface area (Å²) in [6, 6.07) is 23.8. The molecule has 0 aromatic heterocycles. The van der Waals surface area contributed by atoms with E-state index in [1.807, 2.05) is 48.5 Å². The molecule has 0 spiro atoms. The zero-order valence-corrected chi connectivity index (χ0v) is 20.1. The van der Waals surface area contributed by atoms with E-state index in [0.717, 1.165) is 24.0 Å². The number of nitrogens with zero attached hydrogens (tertiary/aromatic N) is 1. The number of amides is 2. The molecule has 1 aliphatic heterocycles. The number of hydrogen-bond acceptors (Lipinski definition) is 4. The molecule has 4 rings (SSSR count). The van der Waals surface area contributed by atoms with Gasteiger partial charge < -0.3 is 19.7 Å². The summed E-state index contributed by atoms with van der Waals surface area (Å²) in [7, 11) is 0. The van der Waals surface area contributed by atoms with Gasteiger partial charge in [-0.1, -0.05) is 60.7 Å². The Balaban J connectivity index is 1.57. The van der Waals surface area contributed by atoms with Crippen molar-refractivity contribution in [1.82, 2.24) is 10.2 Å². The van der Waals surface area contributed by atoms with Crippen LogP contribution >= 0.6 is 0 Å². The van der Waals surface area contributed by atoms with Gasteiger partial charge in [-0.05, 0) is 48.2 Å². The van der Waals surface area contributed by atoms with E-state index in [4.69, 9.17) is 9.47 Å². The Hall–Kier alpha value is -3.71. The van der Waals surface area contributed by atoms with Crippen LogP contribution in [-0.2, 0) is 27.3 Å². The van der Waals surface area contributed by atoms with Gasteiger partial charge in [0, 0.05) is 26.1 Å². The van der Waals surface area contributed by atoms with Crippen molar-refractivity contribution in [2.45, 2.75) is 38.0 Å². The van der Waals surface area contributed by atoms with Crippen molar-refractivity contribution in [3.05, 3.63) is 102 Å². The zero-order chi connectivity index (χ0) is 25.2. The van der Waals surface area contributed by atoms with Crippen molar-refractivity contribution in [1.29, 1.82) is 0 Å². The minimum absolute atomic E-state index is 0.0195. The predicted molar refractivity (Wildman–Crippen MR) is 135 cm³/mol. The van der Waals surface area contributed by atoms with E-state index in [9.17, 15) is 14.0 Å². The standard InChI is InChI=1S/C29H31FN2O4/c30-24-15-13-23(14-16-24)20-32(28(33)21-36-25-10-5-2-6-11-25)27(18-22-8-3-1-4-9-22)29(34)31-19-26-12-7-17-35-26/h1-6,8-11,13-16,26-27H,7,12,17-21H2,(H,31,34)/t26-,27-/m0/s1. The van der Waals surface area contributed by atoms with E-state index in [1.165, 1.54) is 17.0 Å². The zero-order valence-electron chi connectivity index (χ0n) is 20.1. The van der Waals surface area contributed by atoms with E-state index in [0.29, 0.717) is 25.3 Å². The molecule has 1 fully saturated rings. The topological polar surface area (TPSA) is 67.9 Å². The lowest BCUT2D eigenvalue weighted by atomic mass is 10.0. The van der Waals surface area contributed by atoms with Gasteiger partial charge in [0.25, 0.3) is 5.91 Å². The van der Waals surface area contributed by atoms with Crippen molar-refractivity contribution < 1.29 is 23.5 Å². The summed E-state index contributed by atoms with van der Waals surface area (Å²) in [5, 5.41) is 2.99. The van der Waals surface area contributed by atoms with Crippen LogP contribution in [0.4, 0.5) is 4.39 Å². The van der Waals surface area contributed by atoms with Crippen LogP contribution in [0.1, 0.15) is 24.0 Å². The third kappa shape index (κ3) is 7.39. The lowest BCUT2D eigenvalue weighted by Gasteiger charge is -2.31. The first-order valence-corrected chi connectivity index (χ1v) is 12.2. The van der Waals surface area contributed by atoms with E-state index < -0.39 is 6.04 Å². The molecule has 7 heteroatoms. The number of hydrogen-bond donors (Lipinski definition) is 1. The normalized spacial score (nSPS) is 15.8. The van der Waals surface area contributed by atoms with Crippen LogP contribution in [0.3, 0.4) is 0 Å². The summed E-state index contributed by atoms with van der Waals surface area (Å²) < 4.78 is 24.9. The Kier molecular flexibility index (Phi) is 9.05. The number of benzene rings is 3. The Morgan fingerprint density at radius 2 is 1.67 bits per heavy atom. The second-order valence-corrected chi connectivity index (χ2v) is 8.84. The molecule has 36 heavy (non-hydrogen) atoms. The van der Waals surface area contributed by atoms with Gasteiger partial charge in [0.05, 0.1) is 6.10 Å². The third-order valence-corrected chi connectivity index (χ3v) is 6.17. The molecule has 0 saturated carbocycles. The minimum atomic E-state index is -0.786. The molecular weight excluding hydrogens is 459 g/mol. The fourth-order valence-electron chi connectivity index (χ4n) is 4.22. The van der Waals surface area contributed by atoms with E-state index in [1.54, 1.807) is 24.3 Å². The first-order chi connectivity index (χ1) is 17.6. The minimum Gasteiger partial charge on any atom is -0.484 e. The maximum absolute atomic E-state index is 13.5. The number of carbonyl (C=O) groups is 2. The molecule has 0 unspecified atom stereocenters. The van der Waals surface area contributed by atoms with E-state index >= 15 is 0 Å². The molecule has 0 aliphatic carbocycles. The summed E-state index contributed by atoms with van der Waals surface area (Å²) in [4.78, 5) is 28.5. The van der Waals surface area contributed by atoms with Gasteiger partial charge in [0.2, 0.25) is 5.91 Å². The molecule has 2 amide bonds. The first kappa shape index (κ1) is 25.4. The van der Waals surface area contributed by atoms with Gasteiger partial charge in [-0.2, -0.15) is 0 Å². The highest BCUT2D eigenvalue weighted by Crippen LogP contribution is 2.17. The largest absolute Gasteiger partial charge is 0.484 e. The highest BCUT2D eigenvalue weighted by molar-refractivity contribution is 5.88. The Labute approximate surface area is 211 Å². The van der Waals surface area contributed by atoms with Gasteiger partial charge in [0.15, 0.2) is 6.61 Å². The second kappa shape index (κ2) is 12.8. The highest BCUT2D eigenvalue weighted by atomic mass is 19.1. The Bertz CT molecular complexity index is 1100. The number of rotatable bonds is 11. The van der Waals surface area contributed by atoms with E-state index in [2.05, 4.69) is 5.32 Å². The van der Waals surface area contributed by atoms with Gasteiger partial charge in [-0.15, -0.1) is 0 Å². The van der Waals surface area contributed by atoms with Crippen LogP contribution in [0.2, 0.25) is 0 Å². The maximum atomic E-state index is 13.5. The summed E-state index contributed by atoms with van der Waals surface area (Å²) in [5.41, 5.74) is 1.64. The van der Waals surface area contributed by atoms with Crippen LogP contribution in [0.5, 0.6) is 5.75 Å². The Morgan fingerprint density at radius 1 is 0.972 bits per heavy atom. The monoisotopic (exact) mass is 490 g/mol. The number of halogens is 1. The lowest BCUT2D eigenvalue weighted by Crippen LogP contribution is -2.52. The molecule has 1 aliphatic rings. The number of para-hydroxylation sites is 1. The fourth-order valence-corrected chi connectivity index (χ4v) is 4.22. The van der Waals surface area contributed by atoms with Crippen LogP contribution in [-0.4, -0.2) is 48.6 Å². The number of carbonyl (C=O) groups excluding carboxylic acids is 2. The van der Waals surface area contributed by atoms with Gasteiger partial charge in [-0.3, -0.25) is 9.59 Å². The van der Waals surface area contributed by atoms with Crippen molar-refractivity contribution in [2.24, 2.45) is 0 Å². The van der Waals surface area contributed by atoms with Crippen molar-refractivity contribution in [2.75, 3.05) is 19.8 Å². The molecule has 0 radical (unpaired) electrons. The van der Waals surface area contributed by atoms with Crippen LogP contribution in [0.15, 0.2) is 84.9 Å². The summed E-state index contributed by atoms with van der Waals surface area (Å²) >= 11 is 0. The molecular formula is C29H31FN2O4. The first-order valence-electron chi connectivity index (χ1n) is 12.2. The molecule has 6 nitrogen and oxygen atoms in total. The summed E-state index contributed by atoms with van der Waals surface area (Å²) in [6.07, 6.45) is 2.18. The average Bonchev–Trinajstić information content (AvgIpc) is 3.44. The van der Waals surface area contributed by atoms with E-state index in [-0.39, 0.29) is 36.9 Å². The third-order valence-electron chi connectivity index (χ3n) is 6.17. The van der Waals surface area contributed by atoms with Crippen molar-refractivity contribution in [3.8, 4) is 5.75 Å². The SMILES string of the molecule is O=C(NC[C@@H]1CCCO1)[C@H](Cc1ccccc1)N(Cc1ccc(F)cc1)C(=O)COc1ccccc1. The molecule has 1 N–H and O–H groups in total. The van der Waals surface area contributed by atoms with Gasteiger partial charge in [0.1, 0.15) is 17.6 Å².